The number of pyridine rings is 1. The maximum absolute atomic E-state index is 8.49. The number of imidazole rings is 1. The zero-order chi connectivity index (χ0) is 51.4. The van der Waals surface area contributed by atoms with Gasteiger partial charge in [0.25, 0.3) is 6.33 Å². The molecule has 0 N–H and O–H groups in total. The van der Waals surface area contributed by atoms with E-state index in [4.69, 9.17) is 22.1 Å². The van der Waals surface area contributed by atoms with Gasteiger partial charge in [-0.25, -0.2) is 4.98 Å². The Morgan fingerprint density at radius 3 is 2.02 bits per heavy atom. The van der Waals surface area contributed by atoms with Crippen LogP contribution in [0.2, 0.25) is 0 Å². The Bertz CT molecular complexity index is 3480. The van der Waals surface area contributed by atoms with Crippen LogP contribution in [0.4, 0.5) is 0 Å². The van der Waals surface area contributed by atoms with Crippen molar-refractivity contribution in [3.05, 3.63) is 173 Å². The SMILES string of the molecule is [2H]C([2H])([2H])c1cc(C(C)(C)C)c(-[n+]2[c-]n(-c3[c-]c(Oc4[c-]c5c(cc4)c4ccccc4n5-c4cc(C(C)(C)C)ccn4)ccc3)c3cc(-c4c(C([2H])([2H])[2H])cccc4C([2H])([2H])[2H])ccc32)c(C(C)(C)C)c1.[Pt]. The van der Waals surface area contributed by atoms with Crippen molar-refractivity contribution in [2.24, 2.45) is 0 Å². The minimum absolute atomic E-state index is 0. The van der Waals surface area contributed by atoms with E-state index in [1.807, 2.05) is 101 Å². The Morgan fingerprint density at radius 2 is 1.33 bits per heavy atom. The van der Waals surface area contributed by atoms with Crippen molar-refractivity contribution >= 4 is 32.8 Å². The molecule has 322 valence electrons. The van der Waals surface area contributed by atoms with Crippen LogP contribution in [0.15, 0.2) is 121 Å². The molecule has 0 unspecified atom stereocenters. The summed E-state index contributed by atoms with van der Waals surface area (Å²) in [6.07, 6.45) is 5.45. The third-order valence-electron chi connectivity index (χ3n) is 11.6. The summed E-state index contributed by atoms with van der Waals surface area (Å²) in [5, 5.41) is 2.04. The predicted molar refractivity (Wildman–Crippen MR) is 256 cm³/mol. The minimum atomic E-state index is -2.63. The van der Waals surface area contributed by atoms with E-state index in [-0.39, 0.29) is 48.7 Å². The molecule has 0 atom stereocenters. The molecule has 5 nitrogen and oxygen atoms in total. The van der Waals surface area contributed by atoms with E-state index in [0.29, 0.717) is 33.8 Å². The van der Waals surface area contributed by atoms with Crippen LogP contribution in [0.5, 0.6) is 11.5 Å². The number of ether oxygens (including phenoxy) is 1. The minimum Gasteiger partial charge on any atom is -0.510 e. The number of nitrogens with zero attached hydrogens (tertiary/aromatic N) is 4. The molecule has 0 fully saturated rings. The number of para-hydroxylation sites is 1. The van der Waals surface area contributed by atoms with E-state index in [9.17, 15) is 0 Å². The zero-order valence-electron chi connectivity index (χ0n) is 46.1. The number of hydrogen-bond donors (Lipinski definition) is 0. The molecule has 9 aromatic rings. The van der Waals surface area contributed by atoms with Crippen LogP contribution < -0.4 is 9.30 Å². The topological polar surface area (TPSA) is 35.9 Å². The molecular formula is C57H56N4OPt-2. The Labute approximate surface area is 400 Å². The van der Waals surface area contributed by atoms with Crippen LogP contribution in [0.25, 0.3) is 61.2 Å². The summed E-state index contributed by atoms with van der Waals surface area (Å²) < 4.78 is 88.8. The van der Waals surface area contributed by atoms with Crippen LogP contribution in [0.3, 0.4) is 0 Å². The molecule has 0 aliphatic rings. The van der Waals surface area contributed by atoms with E-state index in [1.54, 1.807) is 34.9 Å². The average Bonchev–Trinajstić information content (AvgIpc) is 3.82. The van der Waals surface area contributed by atoms with E-state index in [1.165, 1.54) is 18.2 Å². The average molecular weight is 1020 g/mol. The quantitative estimate of drug-likeness (QED) is 0.123. The second-order valence-corrected chi connectivity index (χ2v) is 19.2. The number of benzene rings is 6. The normalized spacial score (nSPS) is 15.0. The standard InChI is InChI=1S/C57H56N4O.Pt/c1-36-29-46(56(7,8)9)54(47(30-36)57(10,11)12)60-35-59(51-31-39(23-26-49(51)60)53-37(2)17-15-18-38(53)3)41-19-16-20-42(33-41)62-43-24-25-45-44-21-13-14-22-48(44)61(50(45)34-43)52-32-40(27-28-58-52)55(4,5)6;/h13-32H,1-12H3;/q-2;/i1D3,2D3,3D3;. The molecular weight excluding hydrogens is 952 g/mol. The van der Waals surface area contributed by atoms with E-state index < -0.39 is 31.4 Å². The van der Waals surface area contributed by atoms with Crippen molar-refractivity contribution in [1.29, 1.82) is 0 Å². The van der Waals surface area contributed by atoms with Crippen LogP contribution >= 0.6 is 0 Å². The molecule has 0 amide bonds. The van der Waals surface area contributed by atoms with Gasteiger partial charge in [0, 0.05) is 56.6 Å². The van der Waals surface area contributed by atoms with E-state index in [2.05, 4.69) is 62.0 Å². The van der Waals surface area contributed by atoms with Gasteiger partial charge in [-0.05, 0) is 111 Å². The fourth-order valence-electron chi connectivity index (χ4n) is 8.41. The van der Waals surface area contributed by atoms with Crippen molar-refractivity contribution in [3.8, 4) is 39.8 Å². The first-order chi connectivity index (χ1) is 33.0. The van der Waals surface area contributed by atoms with Crippen LogP contribution in [0, 0.1) is 39.0 Å². The van der Waals surface area contributed by atoms with Crippen molar-refractivity contribution in [1.82, 2.24) is 14.1 Å². The third-order valence-corrected chi connectivity index (χ3v) is 11.6. The predicted octanol–water partition coefficient (Wildman–Crippen LogP) is 14.1. The van der Waals surface area contributed by atoms with E-state index in [0.717, 1.165) is 50.0 Å². The van der Waals surface area contributed by atoms with Gasteiger partial charge in [0.2, 0.25) is 0 Å². The fraction of sp³-hybridized carbons (Fsp3) is 0.263. The summed E-state index contributed by atoms with van der Waals surface area (Å²) in [7, 11) is 0. The first-order valence-electron chi connectivity index (χ1n) is 25.5. The van der Waals surface area contributed by atoms with Crippen LogP contribution in [-0.2, 0) is 37.3 Å². The first kappa shape index (κ1) is 33.7. The van der Waals surface area contributed by atoms with Gasteiger partial charge in [0.1, 0.15) is 5.82 Å². The van der Waals surface area contributed by atoms with Crippen molar-refractivity contribution in [2.75, 3.05) is 0 Å². The summed E-state index contributed by atoms with van der Waals surface area (Å²) in [6, 6.07) is 42.0. The number of aromatic nitrogens is 4. The van der Waals surface area contributed by atoms with Crippen molar-refractivity contribution in [3.63, 3.8) is 0 Å². The zero-order valence-corrected chi connectivity index (χ0v) is 39.3. The smallest absolute Gasteiger partial charge is 0.268 e. The molecule has 0 bridgehead atoms. The number of fused-ring (bicyclic) bond motifs is 4. The van der Waals surface area contributed by atoms with E-state index >= 15 is 0 Å². The second-order valence-electron chi connectivity index (χ2n) is 19.2. The van der Waals surface area contributed by atoms with Crippen molar-refractivity contribution in [2.45, 2.75) is 99.1 Å². The first-order valence-corrected chi connectivity index (χ1v) is 21.0. The fourth-order valence-corrected chi connectivity index (χ4v) is 8.41. The second kappa shape index (κ2) is 16.1. The molecule has 9 rings (SSSR count). The summed E-state index contributed by atoms with van der Waals surface area (Å²) in [5.74, 6) is 1.58. The third kappa shape index (κ3) is 8.06. The molecule has 0 aliphatic heterocycles. The van der Waals surface area contributed by atoms with Crippen LogP contribution in [-0.4, -0.2) is 14.1 Å². The Balaban J connectivity index is 0.00000693. The molecule has 0 aliphatic carbocycles. The molecule has 6 heteroatoms. The van der Waals surface area contributed by atoms with Gasteiger partial charge in [-0.3, -0.25) is 4.57 Å². The summed E-state index contributed by atoms with van der Waals surface area (Å²) >= 11 is 0. The Hall–Kier alpha value is -5.77. The Morgan fingerprint density at radius 1 is 0.635 bits per heavy atom. The van der Waals surface area contributed by atoms with Crippen molar-refractivity contribution < 1.29 is 42.7 Å². The molecule has 3 aromatic heterocycles. The molecule has 0 spiro atoms. The molecule has 0 saturated carbocycles. The molecule has 3 heterocycles. The summed E-state index contributed by atoms with van der Waals surface area (Å²) in [4.78, 5) is 4.82. The molecule has 6 aromatic carbocycles. The summed E-state index contributed by atoms with van der Waals surface area (Å²) in [6.45, 7) is 11.2. The van der Waals surface area contributed by atoms with Crippen LogP contribution in [0.1, 0.15) is 108 Å². The number of hydrogen-bond acceptors (Lipinski definition) is 2. The van der Waals surface area contributed by atoms with Gasteiger partial charge in [0.15, 0.2) is 0 Å². The number of rotatable bonds is 6. The van der Waals surface area contributed by atoms with Gasteiger partial charge in [-0.2, -0.15) is 18.2 Å². The van der Waals surface area contributed by atoms with Gasteiger partial charge >= 0.3 is 0 Å². The summed E-state index contributed by atoms with van der Waals surface area (Å²) in [5.41, 5.74) is 6.27. The van der Waals surface area contributed by atoms with Gasteiger partial charge in [0.05, 0.1) is 16.7 Å². The molecule has 0 radical (unpaired) electrons. The molecule has 63 heavy (non-hydrogen) atoms. The Kier molecular flexibility index (Phi) is 8.62. The maximum atomic E-state index is 8.49. The molecule has 0 saturated heterocycles. The monoisotopic (exact) mass is 1020 g/mol. The maximum Gasteiger partial charge on any atom is 0.268 e. The van der Waals surface area contributed by atoms with Gasteiger partial charge in [-0.1, -0.05) is 134 Å². The largest absolute Gasteiger partial charge is 0.510 e. The van der Waals surface area contributed by atoms with Gasteiger partial charge in [-0.15, -0.1) is 29.7 Å². The van der Waals surface area contributed by atoms with Gasteiger partial charge < -0.3 is 13.9 Å². The number of aryl methyl sites for hydroxylation is 3.